The molecule has 2 bridgehead atoms. The third-order valence-corrected chi connectivity index (χ3v) is 5.49. The molecule has 2 aliphatic heterocycles. The van der Waals surface area contributed by atoms with Crippen molar-refractivity contribution in [1.82, 2.24) is 0 Å². The predicted octanol–water partition coefficient (Wildman–Crippen LogP) is 5.05. The van der Waals surface area contributed by atoms with E-state index in [0.717, 1.165) is 15.6 Å². The summed E-state index contributed by atoms with van der Waals surface area (Å²) in [5, 5.41) is 10.7. The zero-order chi connectivity index (χ0) is 16.3. The van der Waals surface area contributed by atoms with Crippen molar-refractivity contribution >= 4 is 15.9 Å². The van der Waals surface area contributed by atoms with Gasteiger partial charge in [-0.2, -0.15) is 0 Å². The van der Waals surface area contributed by atoms with Gasteiger partial charge >= 0.3 is 0 Å². The summed E-state index contributed by atoms with van der Waals surface area (Å²) in [6.07, 6.45) is -0.617. The van der Waals surface area contributed by atoms with Gasteiger partial charge in [-0.15, -0.1) is 0 Å². The number of rotatable bonds is 2. The third-order valence-electron chi connectivity index (χ3n) is 4.99. The molecule has 24 heavy (non-hydrogen) atoms. The Morgan fingerprint density at radius 2 is 1.42 bits per heavy atom. The second kappa shape index (κ2) is 5.28. The Labute approximate surface area is 148 Å². The molecule has 3 heteroatoms. The van der Waals surface area contributed by atoms with Crippen LogP contribution < -0.4 is 0 Å². The van der Waals surface area contributed by atoms with E-state index in [1.54, 1.807) is 0 Å². The molecular formula is C21H15BrO2. The molecule has 2 nitrogen and oxygen atoms in total. The molecule has 0 fully saturated rings. The number of ether oxygens (including phenoxy) is 1. The first kappa shape index (κ1) is 14.4. The zero-order valence-electron chi connectivity index (χ0n) is 12.8. The van der Waals surface area contributed by atoms with Crippen LogP contribution in [0.1, 0.15) is 51.7 Å². The number of aliphatic hydroxyl groups is 1. The van der Waals surface area contributed by atoms with Crippen LogP contribution in [-0.2, 0) is 4.74 Å². The van der Waals surface area contributed by atoms with Gasteiger partial charge in [0, 0.05) is 4.47 Å². The maximum absolute atomic E-state index is 10.7. The van der Waals surface area contributed by atoms with Crippen LogP contribution in [-0.4, -0.2) is 5.11 Å². The topological polar surface area (TPSA) is 29.5 Å². The van der Waals surface area contributed by atoms with Crippen LogP contribution >= 0.6 is 15.9 Å². The van der Waals surface area contributed by atoms with Crippen LogP contribution in [0.15, 0.2) is 71.2 Å². The minimum atomic E-state index is -0.613. The van der Waals surface area contributed by atoms with Crippen molar-refractivity contribution < 1.29 is 9.84 Å². The van der Waals surface area contributed by atoms with E-state index in [-0.39, 0.29) is 12.2 Å². The number of aliphatic hydroxyl groups excluding tert-OH is 1. The van der Waals surface area contributed by atoms with E-state index in [0.29, 0.717) is 0 Å². The molecule has 1 N–H and O–H groups in total. The number of fused-ring (bicyclic) bond motifs is 8. The lowest BCUT2D eigenvalue weighted by Gasteiger charge is -2.19. The van der Waals surface area contributed by atoms with E-state index >= 15 is 0 Å². The van der Waals surface area contributed by atoms with Crippen LogP contribution in [0.5, 0.6) is 0 Å². The Morgan fingerprint density at radius 1 is 0.750 bits per heavy atom. The second-order valence-corrected chi connectivity index (χ2v) is 7.29. The van der Waals surface area contributed by atoms with Gasteiger partial charge in [0.2, 0.25) is 0 Å². The van der Waals surface area contributed by atoms with E-state index in [9.17, 15) is 5.11 Å². The molecule has 118 valence electrons. The summed E-state index contributed by atoms with van der Waals surface area (Å²) in [6, 6.07) is 22.3. The van der Waals surface area contributed by atoms with Crippen molar-refractivity contribution in [2.75, 3.05) is 0 Å². The van der Waals surface area contributed by atoms with Gasteiger partial charge in [0.15, 0.2) is 0 Å². The zero-order valence-corrected chi connectivity index (χ0v) is 14.4. The Balaban J connectivity index is 1.57. The fourth-order valence-corrected chi connectivity index (χ4v) is 4.21. The number of benzene rings is 3. The predicted molar refractivity (Wildman–Crippen MR) is 95.9 cm³/mol. The molecule has 0 saturated heterocycles. The van der Waals surface area contributed by atoms with Crippen molar-refractivity contribution in [2.45, 2.75) is 18.3 Å². The van der Waals surface area contributed by atoms with Gasteiger partial charge < -0.3 is 9.84 Å². The molecule has 0 amide bonds. The van der Waals surface area contributed by atoms with E-state index in [1.165, 1.54) is 22.3 Å². The summed E-state index contributed by atoms with van der Waals surface area (Å²) in [4.78, 5) is 0. The minimum absolute atomic E-state index is 0.0241. The third kappa shape index (κ3) is 2.02. The van der Waals surface area contributed by atoms with Gasteiger partial charge in [0.1, 0.15) is 18.3 Å². The van der Waals surface area contributed by atoms with Crippen molar-refractivity contribution in [3.63, 3.8) is 0 Å². The number of halogens is 1. The van der Waals surface area contributed by atoms with Crippen molar-refractivity contribution in [1.29, 1.82) is 0 Å². The average molecular weight is 379 g/mol. The molecule has 2 aliphatic rings. The molecule has 3 aromatic carbocycles. The number of hydrogen-bond acceptors (Lipinski definition) is 2. The smallest absolute Gasteiger partial charge is 0.110 e. The fraction of sp³-hybridized carbons (Fsp3) is 0.143. The summed E-state index contributed by atoms with van der Waals surface area (Å²) in [5.74, 6) is 0. The van der Waals surface area contributed by atoms with E-state index in [2.05, 4.69) is 46.3 Å². The average Bonchev–Trinajstić information content (AvgIpc) is 3.18. The molecule has 5 rings (SSSR count). The monoisotopic (exact) mass is 378 g/mol. The standard InChI is InChI=1S/C21H15BrO2/c22-14-7-9-16-18(11-14)21-17-10-13(6-8-15(17)20(16)24-21)19(23)12-4-2-1-3-5-12/h1-11,19-21,23H/t19-,20-,21+/m0/s1. The molecule has 0 spiro atoms. The van der Waals surface area contributed by atoms with Crippen LogP contribution in [0.3, 0.4) is 0 Å². The van der Waals surface area contributed by atoms with Crippen molar-refractivity contribution in [3.05, 3.63) is 105 Å². The molecule has 3 aromatic rings. The van der Waals surface area contributed by atoms with Crippen LogP contribution in [0.25, 0.3) is 0 Å². The summed E-state index contributed by atoms with van der Waals surface area (Å²) >= 11 is 3.55. The highest BCUT2D eigenvalue weighted by atomic mass is 79.9. The Kier molecular flexibility index (Phi) is 3.17. The lowest BCUT2D eigenvalue weighted by atomic mass is 9.84. The minimum Gasteiger partial charge on any atom is -0.384 e. The van der Waals surface area contributed by atoms with Crippen molar-refractivity contribution in [3.8, 4) is 0 Å². The summed E-state index contributed by atoms with van der Waals surface area (Å²) in [6.45, 7) is 0. The Morgan fingerprint density at radius 3 is 2.21 bits per heavy atom. The Bertz CT molecular complexity index is 936. The first-order valence-electron chi connectivity index (χ1n) is 8.04. The quantitative estimate of drug-likeness (QED) is 0.675. The van der Waals surface area contributed by atoms with Gasteiger partial charge in [-0.25, -0.2) is 0 Å². The van der Waals surface area contributed by atoms with E-state index in [4.69, 9.17) is 4.74 Å². The SMILES string of the molecule is O[C@@H](c1ccccc1)c1ccc2c(c1)[C@H]1O[C@@H]2c2ccc(Br)cc21. The molecule has 0 radical (unpaired) electrons. The molecule has 2 heterocycles. The summed E-state index contributed by atoms with van der Waals surface area (Å²) in [7, 11) is 0. The van der Waals surface area contributed by atoms with Gasteiger partial charge in [-0.1, -0.05) is 64.5 Å². The fourth-order valence-electron chi connectivity index (χ4n) is 3.83. The van der Waals surface area contributed by atoms with Crippen molar-refractivity contribution in [2.24, 2.45) is 0 Å². The highest BCUT2D eigenvalue weighted by Gasteiger charge is 2.42. The maximum Gasteiger partial charge on any atom is 0.110 e. The molecule has 0 unspecified atom stereocenters. The largest absolute Gasteiger partial charge is 0.384 e. The molecule has 0 saturated carbocycles. The van der Waals surface area contributed by atoms with E-state index in [1.807, 2.05) is 36.4 Å². The molecule has 0 aliphatic carbocycles. The second-order valence-electron chi connectivity index (χ2n) is 6.37. The lowest BCUT2D eigenvalue weighted by molar-refractivity contribution is 0.0857. The Hall–Kier alpha value is -1.94. The highest BCUT2D eigenvalue weighted by molar-refractivity contribution is 9.10. The van der Waals surface area contributed by atoms with Gasteiger partial charge in [0.25, 0.3) is 0 Å². The van der Waals surface area contributed by atoms with Gasteiger partial charge in [0.05, 0.1) is 0 Å². The summed E-state index contributed by atoms with van der Waals surface area (Å²) < 4.78 is 7.28. The first-order chi connectivity index (χ1) is 11.7. The normalized spacial score (nSPS) is 21.4. The molecule has 0 aromatic heterocycles. The summed E-state index contributed by atoms with van der Waals surface area (Å²) in [5.41, 5.74) is 6.70. The van der Waals surface area contributed by atoms with E-state index < -0.39 is 6.10 Å². The lowest BCUT2D eigenvalue weighted by Crippen LogP contribution is -2.06. The highest BCUT2D eigenvalue weighted by Crippen LogP contribution is 2.54. The van der Waals surface area contributed by atoms with Crippen LogP contribution in [0.4, 0.5) is 0 Å². The van der Waals surface area contributed by atoms with Crippen LogP contribution in [0.2, 0.25) is 0 Å². The van der Waals surface area contributed by atoms with Gasteiger partial charge in [-0.05, 0) is 51.6 Å². The molecule has 3 atom stereocenters. The maximum atomic E-state index is 10.7. The number of hydrogen-bond donors (Lipinski definition) is 1. The molecular weight excluding hydrogens is 364 g/mol. The van der Waals surface area contributed by atoms with Gasteiger partial charge in [-0.3, -0.25) is 0 Å². The van der Waals surface area contributed by atoms with Crippen LogP contribution in [0, 0.1) is 0 Å². The first-order valence-corrected chi connectivity index (χ1v) is 8.83.